The lowest BCUT2D eigenvalue weighted by Crippen LogP contribution is -1.91. The first-order valence-corrected chi connectivity index (χ1v) is 5.41. The lowest BCUT2D eigenvalue weighted by atomic mass is 10.3. The molecule has 0 radical (unpaired) electrons. The third-order valence-electron chi connectivity index (χ3n) is 2.99. The van der Waals surface area contributed by atoms with E-state index in [2.05, 4.69) is 16.9 Å². The summed E-state index contributed by atoms with van der Waals surface area (Å²) in [5.41, 5.74) is 6.09. The number of anilines is 1. The van der Waals surface area contributed by atoms with Crippen LogP contribution in [0.3, 0.4) is 0 Å². The zero-order valence-electron chi connectivity index (χ0n) is 9.05. The molecule has 4 heteroatoms. The molecule has 0 aromatic carbocycles. The van der Waals surface area contributed by atoms with Crippen molar-refractivity contribution in [2.45, 2.75) is 19.3 Å². The molecule has 0 amide bonds. The first-order valence-electron chi connectivity index (χ1n) is 5.41. The standard InChI is InChI=1S/C12H13N3O/c1-7-4-9(7)10-2-3-11(16-10)12-14-5-8(13)6-15-12/h2-3,5-7,9H,4,13H2,1H3. The van der Waals surface area contributed by atoms with E-state index < -0.39 is 0 Å². The van der Waals surface area contributed by atoms with Gasteiger partial charge < -0.3 is 10.2 Å². The monoisotopic (exact) mass is 215 g/mol. The van der Waals surface area contributed by atoms with Crippen LogP contribution in [0.4, 0.5) is 5.69 Å². The van der Waals surface area contributed by atoms with Crippen LogP contribution < -0.4 is 5.73 Å². The second-order valence-corrected chi connectivity index (χ2v) is 4.36. The molecule has 0 saturated heterocycles. The zero-order valence-corrected chi connectivity index (χ0v) is 9.05. The van der Waals surface area contributed by atoms with Crippen LogP contribution in [0.1, 0.15) is 25.0 Å². The molecule has 0 aliphatic heterocycles. The molecule has 4 nitrogen and oxygen atoms in total. The minimum absolute atomic E-state index is 0.561. The maximum absolute atomic E-state index is 5.74. The Morgan fingerprint density at radius 3 is 2.62 bits per heavy atom. The second-order valence-electron chi connectivity index (χ2n) is 4.36. The fourth-order valence-electron chi connectivity index (χ4n) is 1.86. The summed E-state index contributed by atoms with van der Waals surface area (Å²) in [5.74, 6) is 3.68. The smallest absolute Gasteiger partial charge is 0.195 e. The van der Waals surface area contributed by atoms with Crippen molar-refractivity contribution in [1.82, 2.24) is 9.97 Å². The minimum Gasteiger partial charge on any atom is -0.457 e. The molecule has 1 saturated carbocycles. The lowest BCUT2D eigenvalue weighted by Gasteiger charge is -1.96. The van der Waals surface area contributed by atoms with Gasteiger partial charge in [0, 0.05) is 5.92 Å². The molecular formula is C12H13N3O. The summed E-state index contributed by atoms with van der Waals surface area (Å²) in [6, 6.07) is 3.94. The van der Waals surface area contributed by atoms with Crippen LogP contribution in [0.2, 0.25) is 0 Å². The number of furan rings is 1. The third-order valence-corrected chi connectivity index (χ3v) is 2.99. The van der Waals surface area contributed by atoms with Gasteiger partial charge in [0.1, 0.15) is 5.76 Å². The van der Waals surface area contributed by atoms with E-state index >= 15 is 0 Å². The molecule has 1 aliphatic rings. The normalized spacial score (nSPS) is 23.3. The fourth-order valence-corrected chi connectivity index (χ4v) is 1.86. The summed E-state index contributed by atoms with van der Waals surface area (Å²) in [5, 5.41) is 0. The number of nitrogens with two attached hydrogens (primary N) is 1. The molecular weight excluding hydrogens is 202 g/mol. The highest BCUT2D eigenvalue weighted by Gasteiger charge is 2.36. The maximum atomic E-state index is 5.74. The van der Waals surface area contributed by atoms with Crippen LogP contribution >= 0.6 is 0 Å². The molecule has 2 aromatic rings. The molecule has 1 aliphatic carbocycles. The Kier molecular flexibility index (Phi) is 1.96. The van der Waals surface area contributed by atoms with Gasteiger partial charge in [-0.25, -0.2) is 9.97 Å². The molecule has 1 fully saturated rings. The van der Waals surface area contributed by atoms with E-state index in [1.165, 1.54) is 6.42 Å². The summed E-state index contributed by atoms with van der Waals surface area (Å²) >= 11 is 0. The van der Waals surface area contributed by atoms with E-state index in [-0.39, 0.29) is 0 Å². The summed E-state index contributed by atoms with van der Waals surface area (Å²) in [4.78, 5) is 8.26. The first-order chi connectivity index (χ1) is 7.74. The van der Waals surface area contributed by atoms with E-state index in [1.807, 2.05) is 12.1 Å². The van der Waals surface area contributed by atoms with E-state index in [0.717, 1.165) is 11.7 Å². The van der Waals surface area contributed by atoms with Crippen molar-refractivity contribution in [1.29, 1.82) is 0 Å². The molecule has 16 heavy (non-hydrogen) atoms. The highest BCUT2D eigenvalue weighted by atomic mass is 16.3. The maximum Gasteiger partial charge on any atom is 0.195 e. The second kappa shape index (κ2) is 3.33. The lowest BCUT2D eigenvalue weighted by molar-refractivity contribution is 0.515. The molecule has 2 aromatic heterocycles. The van der Waals surface area contributed by atoms with Crippen molar-refractivity contribution < 1.29 is 4.42 Å². The van der Waals surface area contributed by atoms with Gasteiger partial charge in [-0.3, -0.25) is 0 Å². The molecule has 82 valence electrons. The van der Waals surface area contributed by atoms with Crippen molar-refractivity contribution in [3.63, 3.8) is 0 Å². The van der Waals surface area contributed by atoms with Crippen LogP contribution in [-0.4, -0.2) is 9.97 Å². The number of rotatable bonds is 2. The third kappa shape index (κ3) is 1.56. The van der Waals surface area contributed by atoms with Gasteiger partial charge in [0.15, 0.2) is 11.6 Å². The van der Waals surface area contributed by atoms with Gasteiger partial charge in [-0.15, -0.1) is 0 Å². The molecule has 2 atom stereocenters. The zero-order chi connectivity index (χ0) is 11.1. The van der Waals surface area contributed by atoms with Crippen LogP contribution in [-0.2, 0) is 0 Å². The number of hydrogen-bond donors (Lipinski definition) is 1. The highest BCUT2D eigenvalue weighted by molar-refractivity contribution is 5.49. The van der Waals surface area contributed by atoms with Crippen LogP contribution in [0, 0.1) is 5.92 Å². The Hall–Kier alpha value is -1.84. The van der Waals surface area contributed by atoms with Crippen LogP contribution in [0.5, 0.6) is 0 Å². The Balaban J connectivity index is 1.89. The van der Waals surface area contributed by atoms with E-state index in [0.29, 0.717) is 23.2 Å². The molecule has 2 N–H and O–H groups in total. The van der Waals surface area contributed by atoms with Gasteiger partial charge in [0.25, 0.3) is 0 Å². The first kappa shape index (κ1) is 9.39. The average molecular weight is 215 g/mol. The summed E-state index contributed by atoms with van der Waals surface area (Å²) in [7, 11) is 0. The largest absolute Gasteiger partial charge is 0.457 e. The molecule has 0 spiro atoms. The quantitative estimate of drug-likeness (QED) is 0.835. The SMILES string of the molecule is CC1CC1c1ccc(-c2ncc(N)cn2)o1. The summed E-state index contributed by atoms with van der Waals surface area (Å²) < 4.78 is 5.74. The van der Waals surface area contributed by atoms with Crippen LogP contribution in [0.15, 0.2) is 28.9 Å². The topological polar surface area (TPSA) is 64.9 Å². The Labute approximate surface area is 93.5 Å². The van der Waals surface area contributed by atoms with Crippen molar-refractivity contribution in [2.24, 2.45) is 5.92 Å². The van der Waals surface area contributed by atoms with Gasteiger partial charge in [-0.2, -0.15) is 0 Å². The van der Waals surface area contributed by atoms with E-state index in [1.54, 1.807) is 12.4 Å². The van der Waals surface area contributed by atoms with Gasteiger partial charge in [-0.05, 0) is 24.5 Å². The Morgan fingerprint density at radius 2 is 2.00 bits per heavy atom. The van der Waals surface area contributed by atoms with Crippen LogP contribution in [0.25, 0.3) is 11.6 Å². The predicted molar refractivity (Wildman–Crippen MR) is 60.7 cm³/mol. The number of nitrogen functional groups attached to an aromatic ring is 1. The van der Waals surface area contributed by atoms with E-state index in [9.17, 15) is 0 Å². The predicted octanol–water partition coefficient (Wildman–Crippen LogP) is 2.44. The molecule has 2 unspecified atom stereocenters. The summed E-state index contributed by atoms with van der Waals surface area (Å²) in [6.07, 6.45) is 4.39. The van der Waals surface area contributed by atoms with Crippen molar-refractivity contribution in [3.8, 4) is 11.6 Å². The minimum atomic E-state index is 0.561. The van der Waals surface area contributed by atoms with Gasteiger partial charge in [-0.1, -0.05) is 6.92 Å². The van der Waals surface area contributed by atoms with Gasteiger partial charge in [0.05, 0.1) is 18.1 Å². The van der Waals surface area contributed by atoms with E-state index in [4.69, 9.17) is 10.2 Å². The van der Waals surface area contributed by atoms with Crippen molar-refractivity contribution in [2.75, 3.05) is 5.73 Å². The number of aromatic nitrogens is 2. The molecule has 2 heterocycles. The van der Waals surface area contributed by atoms with Crippen molar-refractivity contribution >= 4 is 5.69 Å². The Bertz CT molecular complexity index is 503. The summed E-state index contributed by atoms with van der Waals surface area (Å²) in [6.45, 7) is 2.23. The molecule has 3 rings (SSSR count). The highest BCUT2D eigenvalue weighted by Crippen LogP contribution is 2.47. The van der Waals surface area contributed by atoms with Gasteiger partial charge in [0.2, 0.25) is 0 Å². The van der Waals surface area contributed by atoms with Crippen molar-refractivity contribution in [3.05, 3.63) is 30.3 Å². The Morgan fingerprint density at radius 1 is 1.31 bits per heavy atom. The number of nitrogens with zero attached hydrogens (tertiary/aromatic N) is 2. The van der Waals surface area contributed by atoms with Gasteiger partial charge >= 0.3 is 0 Å². The fraction of sp³-hybridized carbons (Fsp3) is 0.333. The molecule has 0 bridgehead atoms. The average Bonchev–Trinajstić information content (AvgIpc) is 2.82. The number of hydrogen-bond acceptors (Lipinski definition) is 4.